The van der Waals surface area contributed by atoms with Crippen LogP contribution in [0.5, 0.6) is 0 Å². The molecule has 0 aliphatic carbocycles. The van der Waals surface area contributed by atoms with Crippen molar-refractivity contribution in [1.29, 1.82) is 0 Å². The Bertz CT molecular complexity index is 1220. The number of carbonyl (C=O) groups excluding carboxylic acids is 1. The van der Waals surface area contributed by atoms with Gasteiger partial charge in [0.15, 0.2) is 0 Å². The molecular formula is C20H17ClN4O2S. The zero-order valence-electron chi connectivity index (χ0n) is 15.3. The van der Waals surface area contributed by atoms with Gasteiger partial charge in [-0.25, -0.2) is 9.97 Å². The van der Waals surface area contributed by atoms with E-state index in [0.717, 1.165) is 15.2 Å². The predicted octanol–water partition coefficient (Wildman–Crippen LogP) is 3.88. The van der Waals surface area contributed by atoms with Crippen LogP contribution in [0.2, 0.25) is 5.02 Å². The minimum atomic E-state index is -0.290. The number of fused-ring (bicyclic) bond motifs is 2. The largest absolute Gasteiger partial charge is 0.335 e. The summed E-state index contributed by atoms with van der Waals surface area (Å²) >= 11 is 7.55. The number of halogens is 1. The van der Waals surface area contributed by atoms with Crippen LogP contribution in [0.1, 0.15) is 18.0 Å². The van der Waals surface area contributed by atoms with E-state index >= 15 is 0 Å². The van der Waals surface area contributed by atoms with Crippen molar-refractivity contribution >= 4 is 50.0 Å². The van der Waals surface area contributed by atoms with Crippen molar-refractivity contribution in [2.24, 2.45) is 0 Å². The van der Waals surface area contributed by atoms with Gasteiger partial charge < -0.3 is 4.90 Å². The van der Waals surface area contributed by atoms with Crippen LogP contribution in [0.4, 0.5) is 0 Å². The summed E-state index contributed by atoms with van der Waals surface area (Å²) < 4.78 is 2.39. The Labute approximate surface area is 170 Å². The lowest BCUT2D eigenvalue weighted by Crippen LogP contribution is -2.35. The number of para-hydroxylation sites is 1. The maximum atomic E-state index is 12.8. The van der Waals surface area contributed by atoms with Crippen molar-refractivity contribution in [1.82, 2.24) is 19.4 Å². The molecule has 6 nitrogen and oxygen atoms in total. The molecule has 0 N–H and O–H groups in total. The van der Waals surface area contributed by atoms with E-state index in [1.165, 1.54) is 10.9 Å². The van der Waals surface area contributed by atoms with Crippen molar-refractivity contribution in [2.45, 2.75) is 19.5 Å². The summed E-state index contributed by atoms with van der Waals surface area (Å²) in [4.78, 5) is 35.9. The van der Waals surface area contributed by atoms with Gasteiger partial charge in [-0.2, -0.15) is 0 Å². The van der Waals surface area contributed by atoms with E-state index in [0.29, 0.717) is 15.9 Å². The summed E-state index contributed by atoms with van der Waals surface area (Å²) in [6.45, 7) is 1.83. The van der Waals surface area contributed by atoms with Crippen LogP contribution < -0.4 is 5.56 Å². The van der Waals surface area contributed by atoms with Crippen LogP contribution in [0.15, 0.2) is 53.6 Å². The lowest BCUT2D eigenvalue weighted by molar-refractivity contribution is -0.132. The highest BCUT2D eigenvalue weighted by Gasteiger charge is 2.21. The first-order valence-electron chi connectivity index (χ1n) is 8.70. The molecule has 0 spiro atoms. The summed E-state index contributed by atoms with van der Waals surface area (Å²) in [5, 5.41) is 1.70. The number of nitrogens with zero attached hydrogens (tertiary/aromatic N) is 4. The summed E-state index contributed by atoms with van der Waals surface area (Å²) in [5.41, 5.74) is 1.18. The zero-order valence-corrected chi connectivity index (χ0v) is 16.9. The number of hydrogen-bond acceptors (Lipinski definition) is 5. The van der Waals surface area contributed by atoms with Crippen LogP contribution in [0, 0.1) is 0 Å². The van der Waals surface area contributed by atoms with E-state index in [-0.39, 0.29) is 24.1 Å². The second kappa shape index (κ2) is 7.33. The molecule has 0 aliphatic rings. The third kappa shape index (κ3) is 3.39. The molecule has 0 unspecified atom stereocenters. The molecule has 2 heterocycles. The molecule has 0 fully saturated rings. The third-order valence-corrected chi connectivity index (χ3v) is 6.18. The van der Waals surface area contributed by atoms with Gasteiger partial charge in [0.05, 0.1) is 33.5 Å². The summed E-state index contributed by atoms with van der Waals surface area (Å²) in [5.74, 6) is -0.197. The lowest BCUT2D eigenvalue weighted by Gasteiger charge is -2.23. The molecule has 8 heteroatoms. The molecule has 2 aromatic carbocycles. The Morgan fingerprint density at radius 3 is 2.82 bits per heavy atom. The van der Waals surface area contributed by atoms with E-state index in [9.17, 15) is 9.59 Å². The van der Waals surface area contributed by atoms with Gasteiger partial charge in [0.25, 0.3) is 5.56 Å². The fourth-order valence-corrected chi connectivity index (χ4v) is 4.19. The summed E-state index contributed by atoms with van der Waals surface area (Å²) in [6.07, 6.45) is 1.40. The number of thiazole rings is 1. The van der Waals surface area contributed by atoms with E-state index in [1.807, 2.05) is 31.2 Å². The van der Waals surface area contributed by atoms with Crippen LogP contribution in [-0.4, -0.2) is 32.4 Å². The minimum absolute atomic E-state index is 0.0972. The molecule has 28 heavy (non-hydrogen) atoms. The number of carbonyl (C=O) groups is 1. The average molecular weight is 413 g/mol. The van der Waals surface area contributed by atoms with Gasteiger partial charge in [0, 0.05) is 12.1 Å². The smallest absolute Gasteiger partial charge is 0.261 e. The number of hydrogen-bond donors (Lipinski definition) is 0. The zero-order chi connectivity index (χ0) is 19.8. The van der Waals surface area contributed by atoms with Gasteiger partial charge >= 0.3 is 0 Å². The molecule has 1 amide bonds. The average Bonchev–Trinajstić information content (AvgIpc) is 3.13. The van der Waals surface area contributed by atoms with Gasteiger partial charge in [0.2, 0.25) is 5.91 Å². The quantitative estimate of drug-likeness (QED) is 0.510. The highest BCUT2D eigenvalue weighted by molar-refractivity contribution is 7.18. The summed E-state index contributed by atoms with van der Waals surface area (Å²) in [7, 11) is 1.72. The Balaban J connectivity index is 1.58. The van der Waals surface area contributed by atoms with Crippen molar-refractivity contribution < 1.29 is 4.79 Å². The van der Waals surface area contributed by atoms with E-state index in [4.69, 9.17) is 11.6 Å². The number of amides is 1. The topological polar surface area (TPSA) is 68.1 Å². The van der Waals surface area contributed by atoms with Crippen molar-refractivity contribution in [3.05, 3.63) is 69.2 Å². The summed E-state index contributed by atoms with van der Waals surface area (Å²) in [6, 6.07) is 12.6. The van der Waals surface area contributed by atoms with Gasteiger partial charge in [-0.3, -0.25) is 14.2 Å². The molecule has 0 bridgehead atoms. The standard InChI is InChI=1S/C20H17ClN4O2S/c1-12(19-23-16-5-3-4-6-17(16)28-19)24(2)18(26)10-25-11-22-15-8-7-13(21)9-14(15)20(25)27/h3-9,11-12H,10H2,1-2H3/t12-/m0/s1. The van der Waals surface area contributed by atoms with Crippen LogP contribution >= 0.6 is 22.9 Å². The van der Waals surface area contributed by atoms with Crippen molar-refractivity contribution in [3.8, 4) is 0 Å². The molecule has 0 radical (unpaired) electrons. The van der Waals surface area contributed by atoms with E-state index < -0.39 is 0 Å². The number of aromatic nitrogens is 3. The van der Waals surface area contributed by atoms with Crippen molar-refractivity contribution in [3.63, 3.8) is 0 Å². The third-order valence-electron chi connectivity index (χ3n) is 4.73. The van der Waals surface area contributed by atoms with Gasteiger partial charge in [-0.05, 0) is 37.3 Å². The fraction of sp³-hybridized carbons (Fsp3) is 0.200. The Hall–Kier alpha value is -2.77. The fourth-order valence-electron chi connectivity index (χ4n) is 2.95. The monoisotopic (exact) mass is 412 g/mol. The molecule has 0 saturated heterocycles. The molecule has 4 aromatic rings. The predicted molar refractivity (Wildman–Crippen MR) is 112 cm³/mol. The van der Waals surface area contributed by atoms with E-state index in [2.05, 4.69) is 9.97 Å². The molecule has 4 rings (SSSR count). The first-order chi connectivity index (χ1) is 13.4. The highest BCUT2D eigenvalue weighted by atomic mass is 35.5. The van der Waals surface area contributed by atoms with Crippen LogP contribution in [0.25, 0.3) is 21.1 Å². The van der Waals surface area contributed by atoms with Gasteiger partial charge in [0.1, 0.15) is 11.6 Å². The Morgan fingerprint density at radius 2 is 2.04 bits per heavy atom. The van der Waals surface area contributed by atoms with Gasteiger partial charge in [-0.15, -0.1) is 11.3 Å². The molecule has 1 atom stereocenters. The van der Waals surface area contributed by atoms with Crippen LogP contribution in [-0.2, 0) is 11.3 Å². The molecule has 0 saturated carbocycles. The molecular weight excluding hydrogens is 396 g/mol. The minimum Gasteiger partial charge on any atom is -0.335 e. The lowest BCUT2D eigenvalue weighted by atomic mass is 10.2. The van der Waals surface area contributed by atoms with Crippen molar-refractivity contribution in [2.75, 3.05) is 7.05 Å². The number of likely N-dealkylation sites (N-methyl/N-ethyl adjacent to an activating group) is 1. The normalized spacial score (nSPS) is 12.4. The Kier molecular flexibility index (Phi) is 4.87. The molecule has 2 aromatic heterocycles. The first-order valence-corrected chi connectivity index (χ1v) is 9.89. The number of rotatable bonds is 4. The van der Waals surface area contributed by atoms with Crippen LogP contribution in [0.3, 0.4) is 0 Å². The van der Waals surface area contributed by atoms with Gasteiger partial charge in [-0.1, -0.05) is 23.7 Å². The maximum Gasteiger partial charge on any atom is 0.261 e. The second-order valence-corrected chi connectivity index (χ2v) is 8.04. The maximum absolute atomic E-state index is 12.8. The van der Waals surface area contributed by atoms with E-state index in [1.54, 1.807) is 41.5 Å². The Morgan fingerprint density at radius 1 is 1.25 bits per heavy atom. The highest BCUT2D eigenvalue weighted by Crippen LogP contribution is 2.28. The number of benzene rings is 2. The molecule has 142 valence electrons. The first kappa shape index (κ1) is 18.6. The SMILES string of the molecule is C[C@@H](c1nc2ccccc2s1)N(C)C(=O)Cn1cnc2ccc(Cl)cc2c1=O. The molecule has 0 aliphatic heterocycles. The second-order valence-electron chi connectivity index (χ2n) is 6.54.